The van der Waals surface area contributed by atoms with Crippen LogP contribution in [-0.4, -0.2) is 15.8 Å². The summed E-state index contributed by atoms with van der Waals surface area (Å²) < 4.78 is 0. The molecule has 0 unspecified atom stereocenters. The first-order valence-electron chi connectivity index (χ1n) is 5.33. The second-order valence-corrected chi connectivity index (χ2v) is 5.50. The number of H-pyrrole nitrogens is 1. The molecule has 90 valence electrons. The van der Waals surface area contributed by atoms with Crippen LogP contribution >= 0.6 is 11.6 Å². The Hall–Kier alpha value is -1.55. The Morgan fingerprint density at radius 3 is 2.65 bits per heavy atom. The molecule has 0 aromatic carbocycles. The molecular weight excluding hydrogens is 236 g/mol. The lowest BCUT2D eigenvalue weighted by Crippen LogP contribution is -2.12. The van der Waals surface area contributed by atoms with Crippen LogP contribution in [0.3, 0.4) is 0 Å². The van der Waals surface area contributed by atoms with E-state index in [0.29, 0.717) is 16.2 Å². The molecule has 0 fully saturated rings. The number of nitrogen functional groups attached to an aromatic ring is 1. The SMILES string of the molecule is CC(C)(C)c1cc2c(C(=N)N)c(Cl)cnc2[nH]1. The summed E-state index contributed by atoms with van der Waals surface area (Å²) in [7, 11) is 0. The van der Waals surface area contributed by atoms with Gasteiger partial charge in [0, 0.05) is 28.3 Å². The Balaban J connectivity index is 2.78. The molecular formula is C12H15ClN4. The summed E-state index contributed by atoms with van der Waals surface area (Å²) >= 11 is 6.02. The maximum atomic E-state index is 7.58. The molecule has 0 aliphatic heterocycles. The van der Waals surface area contributed by atoms with Gasteiger partial charge in [-0.1, -0.05) is 32.4 Å². The topological polar surface area (TPSA) is 78.6 Å². The van der Waals surface area contributed by atoms with Crippen molar-refractivity contribution >= 4 is 28.5 Å². The molecule has 17 heavy (non-hydrogen) atoms. The Bertz CT molecular complexity index is 592. The summed E-state index contributed by atoms with van der Waals surface area (Å²) in [6.45, 7) is 6.31. The van der Waals surface area contributed by atoms with Gasteiger partial charge >= 0.3 is 0 Å². The number of pyridine rings is 1. The molecule has 2 aromatic heterocycles. The summed E-state index contributed by atoms with van der Waals surface area (Å²) in [4.78, 5) is 7.45. The van der Waals surface area contributed by atoms with Gasteiger partial charge in [-0.3, -0.25) is 5.41 Å². The number of nitrogens with one attached hydrogen (secondary N) is 2. The number of halogens is 1. The van der Waals surface area contributed by atoms with E-state index in [-0.39, 0.29) is 11.3 Å². The molecule has 5 heteroatoms. The molecule has 2 rings (SSSR count). The number of nitrogens with two attached hydrogens (primary N) is 1. The zero-order valence-electron chi connectivity index (χ0n) is 10.1. The molecule has 0 bridgehead atoms. The first-order chi connectivity index (χ1) is 7.80. The van der Waals surface area contributed by atoms with E-state index < -0.39 is 0 Å². The Morgan fingerprint density at radius 1 is 1.47 bits per heavy atom. The van der Waals surface area contributed by atoms with E-state index >= 15 is 0 Å². The molecule has 0 aliphatic rings. The monoisotopic (exact) mass is 250 g/mol. The van der Waals surface area contributed by atoms with Crippen LogP contribution < -0.4 is 5.73 Å². The number of amidine groups is 1. The number of aromatic amines is 1. The normalized spacial score (nSPS) is 12.0. The highest BCUT2D eigenvalue weighted by Gasteiger charge is 2.19. The van der Waals surface area contributed by atoms with Crippen LogP contribution in [-0.2, 0) is 5.41 Å². The fraction of sp³-hybridized carbons (Fsp3) is 0.333. The van der Waals surface area contributed by atoms with Crippen molar-refractivity contribution in [2.75, 3.05) is 0 Å². The van der Waals surface area contributed by atoms with Gasteiger partial charge in [-0.15, -0.1) is 0 Å². The van der Waals surface area contributed by atoms with E-state index in [1.807, 2.05) is 6.07 Å². The van der Waals surface area contributed by atoms with Crippen molar-refractivity contribution in [1.82, 2.24) is 9.97 Å². The highest BCUT2D eigenvalue weighted by atomic mass is 35.5. The van der Waals surface area contributed by atoms with E-state index in [1.165, 1.54) is 6.20 Å². The predicted octanol–water partition coefficient (Wildman–Crippen LogP) is 2.80. The molecule has 4 N–H and O–H groups in total. The Labute approximate surface area is 105 Å². The van der Waals surface area contributed by atoms with Crippen molar-refractivity contribution in [3.8, 4) is 0 Å². The van der Waals surface area contributed by atoms with Gasteiger partial charge in [0.1, 0.15) is 11.5 Å². The lowest BCUT2D eigenvalue weighted by molar-refractivity contribution is 0.574. The van der Waals surface area contributed by atoms with E-state index in [4.69, 9.17) is 22.7 Å². The van der Waals surface area contributed by atoms with Crippen molar-refractivity contribution in [2.45, 2.75) is 26.2 Å². The lowest BCUT2D eigenvalue weighted by Gasteiger charge is -2.15. The number of aromatic nitrogens is 2. The van der Waals surface area contributed by atoms with Crippen LogP contribution in [0.2, 0.25) is 5.02 Å². The van der Waals surface area contributed by atoms with Gasteiger partial charge in [0.25, 0.3) is 0 Å². The zero-order valence-corrected chi connectivity index (χ0v) is 10.8. The molecule has 0 aliphatic carbocycles. The second kappa shape index (κ2) is 3.74. The highest BCUT2D eigenvalue weighted by molar-refractivity contribution is 6.35. The summed E-state index contributed by atoms with van der Waals surface area (Å²) in [6.07, 6.45) is 1.52. The maximum Gasteiger partial charge on any atom is 0.138 e. The third kappa shape index (κ3) is 2.00. The van der Waals surface area contributed by atoms with Crippen LogP contribution in [0.1, 0.15) is 32.0 Å². The lowest BCUT2D eigenvalue weighted by atomic mass is 9.92. The molecule has 0 spiro atoms. The minimum Gasteiger partial charge on any atom is -0.384 e. The second-order valence-electron chi connectivity index (χ2n) is 5.09. The van der Waals surface area contributed by atoms with Gasteiger partial charge in [0.05, 0.1) is 5.02 Å². The number of rotatable bonds is 1. The van der Waals surface area contributed by atoms with Crippen molar-refractivity contribution in [1.29, 1.82) is 5.41 Å². The third-order valence-corrected chi connectivity index (χ3v) is 2.98. The summed E-state index contributed by atoms with van der Waals surface area (Å²) in [6, 6.07) is 1.96. The van der Waals surface area contributed by atoms with Crippen molar-refractivity contribution in [3.63, 3.8) is 0 Å². The average molecular weight is 251 g/mol. The largest absolute Gasteiger partial charge is 0.384 e. The van der Waals surface area contributed by atoms with Crippen molar-refractivity contribution in [2.24, 2.45) is 5.73 Å². The molecule has 0 saturated heterocycles. The standard InChI is InChI=1S/C12H15ClN4/c1-12(2,3)8-4-6-9(10(14)15)7(13)5-16-11(6)17-8/h4-5H,1-3H3,(H3,14,15)(H,16,17). The van der Waals surface area contributed by atoms with Crippen LogP contribution in [0, 0.1) is 5.41 Å². The van der Waals surface area contributed by atoms with Gasteiger partial charge in [-0.25, -0.2) is 4.98 Å². The quantitative estimate of drug-likeness (QED) is 0.538. The van der Waals surface area contributed by atoms with Crippen molar-refractivity contribution < 1.29 is 0 Å². The molecule has 0 radical (unpaired) electrons. The van der Waals surface area contributed by atoms with Crippen LogP contribution in [0.15, 0.2) is 12.3 Å². The molecule has 4 nitrogen and oxygen atoms in total. The minimum absolute atomic E-state index is 0.0127. The molecule has 0 atom stereocenters. The molecule has 2 aromatic rings. The number of fused-ring (bicyclic) bond motifs is 1. The highest BCUT2D eigenvalue weighted by Crippen LogP contribution is 2.29. The van der Waals surface area contributed by atoms with E-state index in [2.05, 4.69) is 30.7 Å². The van der Waals surface area contributed by atoms with E-state index in [9.17, 15) is 0 Å². The van der Waals surface area contributed by atoms with Gasteiger partial charge in [0.15, 0.2) is 0 Å². The first-order valence-corrected chi connectivity index (χ1v) is 5.70. The minimum atomic E-state index is -0.0399. The Morgan fingerprint density at radius 2 is 2.12 bits per heavy atom. The summed E-state index contributed by atoms with van der Waals surface area (Å²) in [5.41, 5.74) is 7.85. The third-order valence-electron chi connectivity index (χ3n) is 2.69. The number of hydrogen-bond acceptors (Lipinski definition) is 2. The van der Waals surface area contributed by atoms with Gasteiger partial charge in [-0.2, -0.15) is 0 Å². The number of hydrogen-bond donors (Lipinski definition) is 3. The van der Waals surface area contributed by atoms with Gasteiger partial charge in [-0.05, 0) is 6.07 Å². The van der Waals surface area contributed by atoms with E-state index in [1.54, 1.807) is 0 Å². The molecule has 0 amide bonds. The zero-order chi connectivity index (χ0) is 12.8. The molecule has 0 saturated carbocycles. The van der Waals surface area contributed by atoms with Gasteiger partial charge < -0.3 is 10.7 Å². The fourth-order valence-electron chi connectivity index (χ4n) is 1.73. The fourth-order valence-corrected chi connectivity index (χ4v) is 1.98. The summed E-state index contributed by atoms with van der Waals surface area (Å²) in [5.74, 6) is -0.0399. The number of nitrogens with zero attached hydrogens (tertiary/aromatic N) is 1. The van der Waals surface area contributed by atoms with E-state index in [0.717, 1.165) is 11.1 Å². The van der Waals surface area contributed by atoms with Crippen molar-refractivity contribution in [3.05, 3.63) is 28.5 Å². The molecule has 2 heterocycles. The summed E-state index contributed by atoms with van der Waals surface area (Å²) in [5, 5.41) is 8.78. The van der Waals surface area contributed by atoms with Crippen LogP contribution in [0.25, 0.3) is 11.0 Å². The Kier molecular flexibility index (Phi) is 2.62. The predicted molar refractivity (Wildman–Crippen MR) is 70.8 cm³/mol. The maximum absolute atomic E-state index is 7.58. The smallest absolute Gasteiger partial charge is 0.138 e. The average Bonchev–Trinajstić information content (AvgIpc) is 2.59. The van der Waals surface area contributed by atoms with Crippen LogP contribution in [0.5, 0.6) is 0 Å². The van der Waals surface area contributed by atoms with Gasteiger partial charge in [0.2, 0.25) is 0 Å². The van der Waals surface area contributed by atoms with Crippen LogP contribution in [0.4, 0.5) is 0 Å². The first kappa shape index (κ1) is 11.9.